The minimum Gasteiger partial charge on any atom is -0.359 e. The monoisotopic (exact) mass is 631 g/mol. The largest absolute Gasteiger partial charge is 0.359 e. The van der Waals surface area contributed by atoms with E-state index in [-0.39, 0.29) is 37.5 Å². The smallest absolute Gasteiger partial charge is 0.231 e. The van der Waals surface area contributed by atoms with Crippen molar-refractivity contribution in [3.05, 3.63) is 59.2 Å². The predicted octanol–water partition coefficient (Wildman–Crippen LogP) is 6.10. The molecule has 0 aliphatic carbocycles. The number of carbonyl (C=O) groups is 1. The van der Waals surface area contributed by atoms with Gasteiger partial charge >= 0.3 is 0 Å². The number of ether oxygens (including phenoxy) is 3. The van der Waals surface area contributed by atoms with Gasteiger partial charge in [-0.3, -0.25) is 9.69 Å². The van der Waals surface area contributed by atoms with Crippen molar-refractivity contribution in [1.82, 2.24) is 20.0 Å². The Hall–Kier alpha value is -3.13. The van der Waals surface area contributed by atoms with Crippen LogP contribution in [0.4, 0.5) is 19.0 Å². The molecule has 2 saturated heterocycles. The first-order chi connectivity index (χ1) is 21.1. The summed E-state index contributed by atoms with van der Waals surface area (Å²) in [7, 11) is -1.32. The van der Waals surface area contributed by atoms with Crippen LogP contribution >= 0.6 is 0 Å². The lowest BCUT2D eigenvalue weighted by atomic mass is 9.90. The minimum atomic E-state index is -1.52. The van der Waals surface area contributed by atoms with Crippen molar-refractivity contribution >= 4 is 19.8 Å². The topological polar surface area (TPSA) is 91.6 Å². The Bertz CT molecular complexity index is 1420. The normalized spacial score (nSPS) is 19.5. The van der Waals surface area contributed by atoms with Crippen LogP contribution in [-0.2, 0) is 38.8 Å². The summed E-state index contributed by atoms with van der Waals surface area (Å²) < 4.78 is 60.8. The van der Waals surface area contributed by atoms with E-state index in [4.69, 9.17) is 19.3 Å². The second-order valence-corrected chi connectivity index (χ2v) is 18.3. The number of anilines is 1. The minimum absolute atomic E-state index is 0.0934. The summed E-state index contributed by atoms with van der Waals surface area (Å²) in [5.74, 6) is -4.22. The third-order valence-electron chi connectivity index (χ3n) is 7.97. The molecule has 44 heavy (non-hydrogen) atoms. The molecule has 9 nitrogen and oxygen atoms in total. The number of hydrogen-bond donors (Lipinski definition) is 0. The predicted molar refractivity (Wildman–Crippen MR) is 161 cm³/mol. The lowest BCUT2D eigenvalue weighted by Crippen LogP contribution is -2.43. The van der Waals surface area contributed by atoms with E-state index in [1.165, 1.54) is 0 Å². The molecule has 2 aliphatic rings. The Labute approximate surface area is 256 Å². The highest BCUT2D eigenvalue weighted by molar-refractivity contribution is 6.76. The Kier molecular flexibility index (Phi) is 10.5. The molecule has 3 aromatic rings. The van der Waals surface area contributed by atoms with Crippen molar-refractivity contribution < 1.29 is 32.2 Å². The van der Waals surface area contributed by atoms with Crippen molar-refractivity contribution in [2.24, 2.45) is 5.92 Å². The second kappa shape index (κ2) is 14.3. The maximum Gasteiger partial charge on any atom is 0.231 e. The molecule has 2 unspecified atom stereocenters. The first kappa shape index (κ1) is 32.3. The van der Waals surface area contributed by atoms with Gasteiger partial charge in [0.1, 0.15) is 12.5 Å². The molecule has 2 aromatic heterocycles. The molecular formula is C31H40F3N5O4Si. The van der Waals surface area contributed by atoms with E-state index in [0.29, 0.717) is 44.1 Å². The zero-order valence-corrected chi connectivity index (χ0v) is 26.5. The lowest BCUT2D eigenvalue weighted by molar-refractivity contribution is -0.168. The van der Waals surface area contributed by atoms with E-state index < -0.39 is 31.4 Å². The van der Waals surface area contributed by atoms with Crippen LogP contribution in [0.1, 0.15) is 43.2 Å². The first-order valence-electron chi connectivity index (χ1n) is 15.2. The summed E-state index contributed by atoms with van der Waals surface area (Å²) in [4.78, 5) is 15.5. The van der Waals surface area contributed by atoms with Gasteiger partial charge in [-0.2, -0.15) is 15.3 Å². The molecule has 2 atom stereocenters. The van der Waals surface area contributed by atoms with Gasteiger partial charge in [0.15, 0.2) is 23.7 Å². The molecule has 5 rings (SSSR count). The van der Waals surface area contributed by atoms with E-state index in [1.54, 1.807) is 22.0 Å². The summed E-state index contributed by atoms with van der Waals surface area (Å²) in [5, 5.41) is 13.0. The fourth-order valence-electron chi connectivity index (χ4n) is 5.47. The summed E-state index contributed by atoms with van der Waals surface area (Å²) in [6.07, 6.45) is 7.21. The molecule has 13 heteroatoms. The molecule has 2 aliphatic heterocycles. The lowest BCUT2D eigenvalue weighted by Gasteiger charge is -2.32. The first-order valence-corrected chi connectivity index (χ1v) is 18.9. The van der Waals surface area contributed by atoms with E-state index in [1.807, 2.05) is 6.07 Å². The van der Waals surface area contributed by atoms with Crippen LogP contribution in [0.3, 0.4) is 0 Å². The van der Waals surface area contributed by atoms with Crippen LogP contribution in [0.5, 0.6) is 0 Å². The van der Waals surface area contributed by atoms with Crippen LogP contribution in [0.25, 0.3) is 11.3 Å². The maximum atomic E-state index is 13.9. The quantitative estimate of drug-likeness (QED) is 0.136. The molecule has 0 spiro atoms. The maximum absolute atomic E-state index is 13.9. The highest BCUT2D eigenvalue weighted by Gasteiger charge is 2.33. The molecule has 4 heterocycles. The van der Waals surface area contributed by atoms with Gasteiger partial charge in [-0.25, -0.2) is 17.9 Å². The van der Waals surface area contributed by atoms with Crippen LogP contribution in [0.15, 0.2) is 30.6 Å². The molecule has 238 valence electrons. The number of hydrogen-bond acceptors (Lipinski definition) is 7. The van der Waals surface area contributed by atoms with Crippen molar-refractivity contribution in [1.29, 1.82) is 0 Å². The molecule has 1 amide bonds. The SMILES string of the molecule is C[Si](C)(C)CCOCn1nc(-c2cnncc2COC2CCCCO2)cc1N1CCCC(Cc2cc(F)c(F)c(F)c2)C1=O. The van der Waals surface area contributed by atoms with Crippen molar-refractivity contribution in [2.45, 2.75) is 83.8 Å². The summed E-state index contributed by atoms with van der Waals surface area (Å²) in [6.45, 7) is 8.92. The number of piperidine rings is 1. The number of carbonyl (C=O) groups excluding carboxylic acids is 1. The highest BCUT2D eigenvalue weighted by atomic mass is 28.3. The molecule has 1 aromatic carbocycles. The van der Waals surface area contributed by atoms with Crippen molar-refractivity contribution in [3.8, 4) is 11.3 Å². The third-order valence-corrected chi connectivity index (χ3v) is 9.68. The van der Waals surface area contributed by atoms with E-state index in [2.05, 4.69) is 29.8 Å². The Balaban J connectivity index is 1.40. The van der Waals surface area contributed by atoms with Gasteiger partial charge in [-0.05, 0) is 62.3 Å². The van der Waals surface area contributed by atoms with Gasteiger partial charge < -0.3 is 14.2 Å². The van der Waals surface area contributed by atoms with Gasteiger partial charge in [-0.15, -0.1) is 0 Å². The molecule has 0 bridgehead atoms. The number of aromatic nitrogens is 4. The van der Waals surface area contributed by atoms with Crippen LogP contribution < -0.4 is 4.90 Å². The fraction of sp³-hybridized carbons (Fsp3) is 0.548. The Morgan fingerprint density at radius 3 is 2.52 bits per heavy atom. The molecule has 0 N–H and O–H groups in total. The zero-order chi connectivity index (χ0) is 31.3. The molecule has 0 saturated carbocycles. The number of rotatable bonds is 12. The van der Waals surface area contributed by atoms with Gasteiger partial charge in [0.25, 0.3) is 0 Å². The van der Waals surface area contributed by atoms with Crippen molar-refractivity contribution in [2.75, 3.05) is 24.7 Å². The van der Waals surface area contributed by atoms with Gasteiger partial charge in [0.05, 0.1) is 24.7 Å². The molecular weight excluding hydrogens is 591 g/mol. The van der Waals surface area contributed by atoms with Crippen LogP contribution in [0.2, 0.25) is 25.7 Å². The number of benzene rings is 1. The van der Waals surface area contributed by atoms with E-state index >= 15 is 0 Å². The van der Waals surface area contributed by atoms with Crippen molar-refractivity contribution in [3.63, 3.8) is 0 Å². The third kappa shape index (κ3) is 8.12. The average molecular weight is 632 g/mol. The highest BCUT2D eigenvalue weighted by Crippen LogP contribution is 2.32. The summed E-state index contributed by atoms with van der Waals surface area (Å²) in [6, 6.07) is 4.72. The average Bonchev–Trinajstić information content (AvgIpc) is 3.42. The number of halogens is 3. The van der Waals surface area contributed by atoms with Gasteiger partial charge in [0.2, 0.25) is 5.91 Å². The van der Waals surface area contributed by atoms with Crippen LogP contribution in [0, 0.1) is 23.4 Å². The zero-order valence-electron chi connectivity index (χ0n) is 25.5. The summed E-state index contributed by atoms with van der Waals surface area (Å²) >= 11 is 0. The van der Waals surface area contributed by atoms with E-state index in [0.717, 1.165) is 48.6 Å². The Morgan fingerprint density at radius 1 is 1.02 bits per heavy atom. The Morgan fingerprint density at radius 2 is 1.80 bits per heavy atom. The number of nitrogens with zero attached hydrogens (tertiary/aromatic N) is 5. The van der Waals surface area contributed by atoms with Gasteiger partial charge in [0, 0.05) is 50.9 Å². The summed E-state index contributed by atoms with van der Waals surface area (Å²) in [5.41, 5.74) is 2.33. The fourth-order valence-corrected chi connectivity index (χ4v) is 6.23. The number of amides is 1. The standard InChI is InChI=1S/C31H40F3N5O4Si/c1-44(2,3)12-11-41-20-39-28(38-9-6-7-22(31(38)40)13-21-14-25(32)30(34)26(33)15-21)16-27(37-39)24-18-36-35-17-23(24)19-43-29-8-4-5-10-42-29/h14-18,22,29H,4-13,19-20H2,1-3H3. The second-order valence-electron chi connectivity index (χ2n) is 12.7. The van der Waals surface area contributed by atoms with E-state index in [9.17, 15) is 18.0 Å². The molecule has 2 fully saturated rings. The van der Waals surface area contributed by atoms with Crippen LogP contribution in [-0.4, -0.2) is 60.0 Å². The molecule has 0 radical (unpaired) electrons. The van der Waals surface area contributed by atoms with Gasteiger partial charge in [-0.1, -0.05) is 19.6 Å².